The van der Waals surface area contributed by atoms with Gasteiger partial charge < -0.3 is 10.2 Å². The molecule has 2 nitrogen and oxygen atoms in total. The summed E-state index contributed by atoms with van der Waals surface area (Å²) in [5, 5.41) is 3.90. The molecule has 0 spiro atoms. The van der Waals surface area contributed by atoms with E-state index in [0.717, 1.165) is 5.11 Å². The third-order valence-corrected chi connectivity index (χ3v) is 1.68. The average molecular weight is 142 g/mol. The third kappa shape index (κ3) is 1.42. The second-order valence-electron chi connectivity index (χ2n) is 2.19. The average Bonchev–Trinajstić information content (AvgIpc) is 1.80. The van der Waals surface area contributed by atoms with Gasteiger partial charge in [0, 0.05) is 19.3 Å². The molecule has 0 aliphatic carbocycles. The van der Waals surface area contributed by atoms with Crippen LogP contribution in [0.5, 0.6) is 0 Å². The van der Waals surface area contributed by atoms with Gasteiger partial charge >= 0.3 is 0 Å². The van der Waals surface area contributed by atoms with Gasteiger partial charge in [0.05, 0.1) is 0 Å². The highest BCUT2D eigenvalue weighted by molar-refractivity contribution is 7.80. The molecule has 1 heterocycles. The van der Waals surface area contributed by atoms with Crippen molar-refractivity contribution in [2.24, 2.45) is 0 Å². The second-order valence-corrected chi connectivity index (χ2v) is 2.58. The molecule has 0 saturated carbocycles. The van der Waals surface area contributed by atoms with E-state index in [9.17, 15) is 0 Å². The number of nitrogens with one attached hydrogen (secondary N) is 1. The van der Waals surface area contributed by atoms with E-state index in [1.807, 2.05) is 18.1 Å². The lowest BCUT2D eigenvalue weighted by atomic mass is 10.3. The molecule has 0 radical (unpaired) electrons. The highest BCUT2D eigenvalue weighted by atomic mass is 32.1. The number of rotatable bonds is 0. The van der Waals surface area contributed by atoms with E-state index in [-0.39, 0.29) is 0 Å². The molecular weight excluding hydrogens is 132 g/mol. The summed E-state index contributed by atoms with van der Waals surface area (Å²) >= 11 is 4.97. The van der Waals surface area contributed by atoms with E-state index in [1.54, 1.807) is 0 Å². The molecule has 1 atom stereocenters. The van der Waals surface area contributed by atoms with Crippen LogP contribution in [-0.4, -0.2) is 23.1 Å². The summed E-state index contributed by atoms with van der Waals surface area (Å²) in [7, 11) is 1.93. The highest BCUT2D eigenvalue weighted by Gasteiger charge is 2.07. The molecule has 3 heteroatoms. The molecule has 1 aliphatic heterocycles. The fourth-order valence-electron chi connectivity index (χ4n) is 0.671. The molecule has 1 aliphatic rings. The Morgan fingerprint density at radius 3 is 2.89 bits per heavy atom. The van der Waals surface area contributed by atoms with Crippen molar-refractivity contribution < 1.29 is 0 Å². The molecule has 1 rings (SSSR count). The van der Waals surface area contributed by atoms with Crippen molar-refractivity contribution in [2.45, 2.75) is 13.0 Å². The summed E-state index contributed by atoms with van der Waals surface area (Å²) in [6, 6.07) is 0.383. The van der Waals surface area contributed by atoms with Crippen molar-refractivity contribution in [1.29, 1.82) is 0 Å². The van der Waals surface area contributed by atoms with Crippen LogP contribution in [0.4, 0.5) is 0 Å². The maximum atomic E-state index is 4.97. The van der Waals surface area contributed by atoms with E-state index in [4.69, 9.17) is 12.2 Å². The lowest BCUT2D eigenvalue weighted by molar-refractivity contribution is 0.602. The lowest BCUT2D eigenvalue weighted by Gasteiger charge is -2.24. The summed E-state index contributed by atoms with van der Waals surface area (Å²) in [4.78, 5) is 1.88. The molecule has 1 N–H and O–H groups in total. The van der Waals surface area contributed by atoms with Gasteiger partial charge in [-0.1, -0.05) is 0 Å². The Morgan fingerprint density at radius 2 is 2.44 bits per heavy atom. The second kappa shape index (κ2) is 2.35. The number of nitrogens with zero attached hydrogens (tertiary/aromatic N) is 1. The largest absolute Gasteiger partial charge is 0.356 e. The minimum Gasteiger partial charge on any atom is -0.356 e. The Kier molecular flexibility index (Phi) is 1.71. The zero-order valence-corrected chi connectivity index (χ0v) is 6.40. The lowest BCUT2D eigenvalue weighted by Crippen LogP contribution is -2.42. The minimum absolute atomic E-state index is 0.383. The van der Waals surface area contributed by atoms with Gasteiger partial charge in [-0.2, -0.15) is 0 Å². The van der Waals surface area contributed by atoms with E-state index in [1.165, 1.54) is 0 Å². The Labute approximate surface area is 60.5 Å². The van der Waals surface area contributed by atoms with Gasteiger partial charge in [-0.05, 0) is 25.2 Å². The Hall–Kier alpha value is -0.570. The Morgan fingerprint density at radius 1 is 1.78 bits per heavy atom. The highest BCUT2D eigenvalue weighted by Crippen LogP contribution is 1.97. The first-order chi connectivity index (χ1) is 4.20. The van der Waals surface area contributed by atoms with Crippen molar-refractivity contribution in [3.05, 3.63) is 12.3 Å². The zero-order chi connectivity index (χ0) is 6.85. The predicted molar refractivity (Wildman–Crippen MR) is 42.1 cm³/mol. The fourth-order valence-corrected chi connectivity index (χ4v) is 0.917. The summed E-state index contributed by atoms with van der Waals surface area (Å²) in [6.45, 7) is 2.07. The molecule has 9 heavy (non-hydrogen) atoms. The number of hydrogen-bond donors (Lipinski definition) is 1. The fraction of sp³-hybridized carbons (Fsp3) is 0.500. The zero-order valence-electron chi connectivity index (χ0n) is 5.59. The minimum atomic E-state index is 0.383. The van der Waals surface area contributed by atoms with Crippen molar-refractivity contribution in [3.63, 3.8) is 0 Å². The van der Waals surface area contributed by atoms with Crippen LogP contribution in [0.25, 0.3) is 0 Å². The van der Waals surface area contributed by atoms with Crippen LogP contribution >= 0.6 is 12.2 Å². The molecule has 50 valence electrons. The topological polar surface area (TPSA) is 15.3 Å². The van der Waals surface area contributed by atoms with Crippen LogP contribution in [0.2, 0.25) is 0 Å². The molecule has 0 fully saturated rings. The molecule has 1 unspecified atom stereocenters. The molecule has 0 amide bonds. The van der Waals surface area contributed by atoms with Gasteiger partial charge in [0.2, 0.25) is 0 Å². The summed E-state index contributed by atoms with van der Waals surface area (Å²) in [5.74, 6) is 0. The standard InChI is InChI=1S/C6H10N2S/c1-5-3-4-8(2)6(9)7-5/h3-5H,1-2H3,(H,7,9). The van der Waals surface area contributed by atoms with E-state index in [2.05, 4.69) is 18.3 Å². The molecular formula is C6H10N2S. The first-order valence-electron chi connectivity index (χ1n) is 2.92. The van der Waals surface area contributed by atoms with Gasteiger partial charge in [-0.3, -0.25) is 0 Å². The summed E-state index contributed by atoms with van der Waals surface area (Å²) in [6.07, 6.45) is 4.04. The summed E-state index contributed by atoms with van der Waals surface area (Å²) in [5.41, 5.74) is 0. The third-order valence-electron chi connectivity index (χ3n) is 1.27. The van der Waals surface area contributed by atoms with E-state index in [0.29, 0.717) is 6.04 Å². The van der Waals surface area contributed by atoms with Crippen LogP contribution in [0.1, 0.15) is 6.92 Å². The molecule has 0 bridgehead atoms. The quantitative estimate of drug-likeness (QED) is 0.501. The number of hydrogen-bond acceptors (Lipinski definition) is 1. The molecule has 0 aromatic carbocycles. The van der Waals surface area contributed by atoms with Crippen molar-refractivity contribution in [1.82, 2.24) is 10.2 Å². The first kappa shape index (κ1) is 6.55. The van der Waals surface area contributed by atoms with Crippen molar-refractivity contribution >= 4 is 17.3 Å². The van der Waals surface area contributed by atoms with Gasteiger partial charge in [0.15, 0.2) is 5.11 Å². The molecule has 0 saturated heterocycles. The monoisotopic (exact) mass is 142 g/mol. The predicted octanol–water partition coefficient (Wildman–Crippen LogP) is 0.708. The Balaban J connectivity index is 2.65. The maximum absolute atomic E-state index is 4.97. The van der Waals surface area contributed by atoms with Gasteiger partial charge in [-0.15, -0.1) is 0 Å². The Bertz CT molecular complexity index is 153. The van der Waals surface area contributed by atoms with E-state index >= 15 is 0 Å². The van der Waals surface area contributed by atoms with Crippen molar-refractivity contribution in [3.8, 4) is 0 Å². The van der Waals surface area contributed by atoms with Crippen LogP contribution < -0.4 is 5.32 Å². The van der Waals surface area contributed by atoms with Gasteiger partial charge in [-0.25, -0.2) is 0 Å². The molecule has 0 aromatic rings. The molecule has 0 aromatic heterocycles. The van der Waals surface area contributed by atoms with Crippen LogP contribution in [0, 0.1) is 0 Å². The van der Waals surface area contributed by atoms with Gasteiger partial charge in [0.25, 0.3) is 0 Å². The van der Waals surface area contributed by atoms with Gasteiger partial charge in [0.1, 0.15) is 0 Å². The smallest absolute Gasteiger partial charge is 0.173 e. The maximum Gasteiger partial charge on any atom is 0.173 e. The van der Waals surface area contributed by atoms with Crippen molar-refractivity contribution in [2.75, 3.05) is 7.05 Å². The SMILES string of the molecule is CC1C=CN(C)C(=S)N1. The first-order valence-corrected chi connectivity index (χ1v) is 3.32. The van der Waals surface area contributed by atoms with Crippen LogP contribution in [-0.2, 0) is 0 Å². The van der Waals surface area contributed by atoms with E-state index < -0.39 is 0 Å². The normalized spacial score (nSPS) is 26.2. The summed E-state index contributed by atoms with van der Waals surface area (Å²) < 4.78 is 0. The van der Waals surface area contributed by atoms with Crippen LogP contribution in [0.15, 0.2) is 12.3 Å². The van der Waals surface area contributed by atoms with Crippen LogP contribution in [0.3, 0.4) is 0 Å². The number of thiocarbonyl (C=S) groups is 1.